The van der Waals surface area contributed by atoms with Gasteiger partial charge in [0.15, 0.2) is 0 Å². The number of carbonyl (C=O) groups excluding carboxylic acids is 2. The smallest absolute Gasteiger partial charge is 0.258 e. The second kappa shape index (κ2) is 12.9. The third-order valence-electron chi connectivity index (χ3n) is 7.95. The maximum Gasteiger partial charge on any atom is 0.258 e. The lowest BCUT2D eigenvalue weighted by atomic mass is 9.89. The van der Waals surface area contributed by atoms with Crippen molar-refractivity contribution in [2.75, 3.05) is 16.9 Å². The molecule has 0 N–H and O–H groups in total. The van der Waals surface area contributed by atoms with E-state index in [-0.39, 0.29) is 23.9 Å². The van der Waals surface area contributed by atoms with E-state index in [0.717, 1.165) is 29.8 Å². The van der Waals surface area contributed by atoms with Crippen LogP contribution < -0.4 is 14.5 Å². The van der Waals surface area contributed by atoms with Crippen molar-refractivity contribution in [1.82, 2.24) is 0 Å². The molecular formula is C36H38N2O3. The minimum Gasteiger partial charge on any atom is -0.497 e. The van der Waals surface area contributed by atoms with Crippen LogP contribution in [0.5, 0.6) is 5.75 Å². The molecule has 2 amide bonds. The van der Waals surface area contributed by atoms with Crippen LogP contribution in [0.3, 0.4) is 0 Å². The Morgan fingerprint density at radius 2 is 1.49 bits per heavy atom. The van der Waals surface area contributed by atoms with Gasteiger partial charge in [0.05, 0.1) is 13.2 Å². The second-order valence-electron chi connectivity index (χ2n) is 10.7. The number of methoxy groups -OCH3 is 1. The molecule has 0 saturated carbocycles. The number of aryl methyl sites for hydroxylation is 1. The zero-order valence-corrected chi connectivity index (χ0v) is 24.1. The Hall–Kier alpha value is -4.38. The van der Waals surface area contributed by atoms with Gasteiger partial charge in [-0.25, -0.2) is 0 Å². The maximum absolute atomic E-state index is 14.1. The van der Waals surface area contributed by atoms with Crippen LogP contribution in [-0.4, -0.2) is 25.0 Å². The molecule has 1 aliphatic heterocycles. The molecule has 0 fully saturated rings. The van der Waals surface area contributed by atoms with Crippen LogP contribution in [0.4, 0.5) is 11.4 Å². The SMILES string of the molecule is CCCCCc1ccc(C(=O)N2c3ccccc3[C@@H](N(C(=O)c3ccc(OC)cc3)c3ccccc3)C[C@@H]2C)cc1. The molecule has 1 heterocycles. The Kier molecular flexibility index (Phi) is 8.83. The number of amides is 2. The van der Waals surface area contributed by atoms with Gasteiger partial charge in [0.2, 0.25) is 0 Å². The van der Waals surface area contributed by atoms with Gasteiger partial charge < -0.3 is 14.5 Å². The van der Waals surface area contributed by atoms with Crippen LogP contribution in [-0.2, 0) is 6.42 Å². The molecule has 4 aromatic carbocycles. The summed E-state index contributed by atoms with van der Waals surface area (Å²) in [5.41, 5.74) is 5.14. The summed E-state index contributed by atoms with van der Waals surface area (Å²) in [6.07, 6.45) is 5.20. The number of ether oxygens (including phenoxy) is 1. The standard InChI is InChI=1S/C36H38N2O3/c1-4-5-7-12-27-17-19-28(20-18-27)35(39)37-26(2)25-34(32-15-10-11-16-33(32)37)38(30-13-8-6-9-14-30)36(40)29-21-23-31(41-3)24-22-29/h6,8-11,13-24,26,34H,4-5,7,12,25H2,1-3H3/t26-,34-/m0/s1. The van der Waals surface area contributed by atoms with Gasteiger partial charge in [-0.15, -0.1) is 0 Å². The largest absolute Gasteiger partial charge is 0.497 e. The number of anilines is 2. The van der Waals surface area contributed by atoms with Gasteiger partial charge in [0.25, 0.3) is 11.8 Å². The van der Waals surface area contributed by atoms with Crippen molar-refractivity contribution < 1.29 is 14.3 Å². The minimum atomic E-state index is -0.247. The lowest BCUT2D eigenvalue weighted by Crippen LogP contribution is -2.47. The first-order chi connectivity index (χ1) is 20.0. The number of fused-ring (bicyclic) bond motifs is 1. The molecule has 1 aliphatic rings. The topological polar surface area (TPSA) is 49.9 Å². The van der Waals surface area contributed by atoms with Gasteiger partial charge in [0, 0.05) is 28.5 Å². The van der Waals surface area contributed by atoms with Gasteiger partial charge in [-0.2, -0.15) is 0 Å². The molecule has 0 aliphatic carbocycles. The molecule has 0 unspecified atom stereocenters. The molecule has 5 nitrogen and oxygen atoms in total. The van der Waals surface area contributed by atoms with Crippen LogP contribution in [0.15, 0.2) is 103 Å². The number of carbonyl (C=O) groups is 2. The van der Waals surface area contributed by atoms with E-state index in [2.05, 4.69) is 26.0 Å². The van der Waals surface area contributed by atoms with Crippen molar-refractivity contribution in [3.8, 4) is 5.75 Å². The predicted octanol–water partition coefficient (Wildman–Crippen LogP) is 8.26. The number of unbranched alkanes of at least 4 members (excludes halogenated alkanes) is 2. The molecule has 210 valence electrons. The zero-order chi connectivity index (χ0) is 28.8. The Balaban J connectivity index is 1.49. The fourth-order valence-electron chi connectivity index (χ4n) is 5.77. The Labute approximate surface area is 243 Å². The maximum atomic E-state index is 14.1. The van der Waals surface area contributed by atoms with Crippen molar-refractivity contribution in [2.24, 2.45) is 0 Å². The third kappa shape index (κ3) is 6.04. The van der Waals surface area contributed by atoms with Crippen LogP contribution in [0.25, 0.3) is 0 Å². The van der Waals surface area contributed by atoms with Gasteiger partial charge in [0.1, 0.15) is 5.75 Å². The van der Waals surface area contributed by atoms with Crippen molar-refractivity contribution >= 4 is 23.2 Å². The molecule has 5 heteroatoms. The van der Waals surface area contributed by atoms with Crippen molar-refractivity contribution in [1.29, 1.82) is 0 Å². The lowest BCUT2D eigenvalue weighted by Gasteiger charge is -2.43. The molecule has 5 rings (SSSR count). The molecule has 0 saturated heterocycles. The number of hydrogen-bond donors (Lipinski definition) is 0. The predicted molar refractivity (Wildman–Crippen MR) is 166 cm³/mol. The number of rotatable bonds is 9. The van der Waals surface area contributed by atoms with Crippen LogP contribution in [0.1, 0.15) is 77.4 Å². The number of para-hydroxylation sites is 2. The van der Waals surface area contributed by atoms with Crippen LogP contribution >= 0.6 is 0 Å². The Morgan fingerprint density at radius 1 is 0.829 bits per heavy atom. The molecule has 0 aromatic heterocycles. The molecule has 0 bridgehead atoms. The van der Waals surface area contributed by atoms with Crippen molar-refractivity contribution in [3.05, 3.63) is 125 Å². The van der Waals surface area contributed by atoms with E-state index in [1.54, 1.807) is 19.2 Å². The summed E-state index contributed by atoms with van der Waals surface area (Å²) in [7, 11) is 1.61. The van der Waals surface area contributed by atoms with Crippen molar-refractivity contribution in [3.63, 3.8) is 0 Å². The fraction of sp³-hybridized carbons (Fsp3) is 0.278. The first kappa shape index (κ1) is 28.2. The number of nitrogens with zero attached hydrogens (tertiary/aromatic N) is 2. The van der Waals surface area contributed by atoms with E-state index >= 15 is 0 Å². The van der Waals surface area contributed by atoms with E-state index in [1.807, 2.05) is 88.7 Å². The molecule has 2 atom stereocenters. The molecular weight excluding hydrogens is 508 g/mol. The summed E-state index contributed by atoms with van der Waals surface area (Å²) in [6.45, 7) is 4.28. The van der Waals surface area contributed by atoms with Gasteiger partial charge in [-0.05, 0) is 91.9 Å². The summed E-state index contributed by atoms with van der Waals surface area (Å²) in [6, 6.07) is 32.7. The highest BCUT2D eigenvalue weighted by atomic mass is 16.5. The highest BCUT2D eigenvalue weighted by Crippen LogP contribution is 2.43. The fourth-order valence-corrected chi connectivity index (χ4v) is 5.77. The summed E-state index contributed by atoms with van der Waals surface area (Å²) >= 11 is 0. The first-order valence-corrected chi connectivity index (χ1v) is 14.6. The van der Waals surface area contributed by atoms with Gasteiger partial charge >= 0.3 is 0 Å². The highest BCUT2D eigenvalue weighted by Gasteiger charge is 2.39. The zero-order valence-electron chi connectivity index (χ0n) is 24.1. The van der Waals surface area contributed by atoms with E-state index in [1.165, 1.54) is 18.4 Å². The van der Waals surface area contributed by atoms with Crippen LogP contribution in [0, 0.1) is 0 Å². The van der Waals surface area contributed by atoms with E-state index in [4.69, 9.17) is 4.74 Å². The quantitative estimate of drug-likeness (QED) is 0.199. The summed E-state index contributed by atoms with van der Waals surface area (Å²) in [5, 5.41) is 0. The van der Waals surface area contributed by atoms with E-state index in [9.17, 15) is 9.59 Å². The molecule has 0 radical (unpaired) electrons. The van der Waals surface area contributed by atoms with Gasteiger partial charge in [-0.3, -0.25) is 9.59 Å². The average Bonchev–Trinajstić information content (AvgIpc) is 3.02. The van der Waals surface area contributed by atoms with Crippen LogP contribution in [0.2, 0.25) is 0 Å². The monoisotopic (exact) mass is 546 g/mol. The summed E-state index contributed by atoms with van der Waals surface area (Å²) in [5.74, 6) is 0.591. The lowest BCUT2D eigenvalue weighted by molar-refractivity contribution is 0.0965. The summed E-state index contributed by atoms with van der Waals surface area (Å²) in [4.78, 5) is 31.8. The van der Waals surface area contributed by atoms with E-state index in [0.29, 0.717) is 23.3 Å². The molecule has 41 heavy (non-hydrogen) atoms. The molecule has 4 aromatic rings. The number of benzene rings is 4. The first-order valence-electron chi connectivity index (χ1n) is 14.6. The van der Waals surface area contributed by atoms with E-state index < -0.39 is 0 Å². The Morgan fingerprint density at radius 3 is 2.17 bits per heavy atom. The van der Waals surface area contributed by atoms with Crippen molar-refractivity contribution in [2.45, 2.75) is 58.0 Å². The second-order valence-corrected chi connectivity index (χ2v) is 10.7. The third-order valence-corrected chi connectivity index (χ3v) is 7.95. The summed E-state index contributed by atoms with van der Waals surface area (Å²) < 4.78 is 5.31. The number of hydrogen-bond acceptors (Lipinski definition) is 3. The average molecular weight is 547 g/mol. The highest BCUT2D eigenvalue weighted by molar-refractivity contribution is 6.09. The minimum absolute atomic E-state index is 0.0174. The Bertz CT molecular complexity index is 1470. The normalized spacial score (nSPS) is 16.1. The van der Waals surface area contributed by atoms with Gasteiger partial charge in [-0.1, -0.05) is 68.3 Å². The molecule has 0 spiro atoms.